The van der Waals surface area contributed by atoms with Crippen LogP contribution in [0.2, 0.25) is 10.0 Å². The van der Waals surface area contributed by atoms with Gasteiger partial charge in [-0.1, -0.05) is 51.3 Å². The molecule has 25 heavy (non-hydrogen) atoms. The van der Waals surface area contributed by atoms with Crippen molar-refractivity contribution in [3.63, 3.8) is 0 Å². The third-order valence-corrected chi connectivity index (χ3v) is 5.50. The van der Waals surface area contributed by atoms with Crippen molar-refractivity contribution < 1.29 is 13.2 Å². The smallest absolute Gasteiger partial charge is 0.241 e. The summed E-state index contributed by atoms with van der Waals surface area (Å²) in [5.74, 6) is -0.448. The molecule has 0 radical (unpaired) electrons. The Morgan fingerprint density at radius 1 is 1.20 bits per heavy atom. The predicted molar refractivity (Wildman–Crippen MR) is 105 cm³/mol. The van der Waals surface area contributed by atoms with Crippen molar-refractivity contribution in [2.75, 3.05) is 17.1 Å². The minimum atomic E-state index is -3.62. The van der Waals surface area contributed by atoms with Crippen LogP contribution in [0.5, 0.6) is 0 Å². The molecular weight excluding hydrogens is 451 g/mol. The summed E-state index contributed by atoms with van der Waals surface area (Å²) >= 11 is 15.2. The molecule has 0 saturated carbocycles. The maximum atomic E-state index is 12.2. The number of hydrogen-bond acceptors (Lipinski definition) is 3. The summed E-state index contributed by atoms with van der Waals surface area (Å²) in [6.07, 6.45) is 1.05. The SMILES string of the molecule is CS(=O)(=O)N(CC(=O)NCc1ccc(Cl)cc1Cl)c1cccc(Br)c1. The van der Waals surface area contributed by atoms with E-state index in [1.165, 1.54) is 0 Å². The summed E-state index contributed by atoms with van der Waals surface area (Å²) in [5.41, 5.74) is 1.09. The molecule has 0 aliphatic heterocycles. The fourth-order valence-corrected chi connectivity index (χ4v) is 3.79. The number of halogens is 3. The highest BCUT2D eigenvalue weighted by molar-refractivity contribution is 9.10. The Kier molecular flexibility index (Phi) is 6.73. The summed E-state index contributed by atoms with van der Waals surface area (Å²) < 4.78 is 25.8. The van der Waals surface area contributed by atoms with Gasteiger partial charge in [-0.05, 0) is 35.9 Å². The summed E-state index contributed by atoms with van der Waals surface area (Å²) in [6.45, 7) is -0.161. The summed E-state index contributed by atoms with van der Waals surface area (Å²) in [7, 11) is -3.62. The van der Waals surface area contributed by atoms with Crippen molar-refractivity contribution in [2.24, 2.45) is 0 Å². The Balaban J connectivity index is 2.10. The van der Waals surface area contributed by atoms with Gasteiger partial charge in [0, 0.05) is 21.1 Å². The van der Waals surface area contributed by atoms with Gasteiger partial charge in [0.25, 0.3) is 0 Å². The number of amides is 1. The molecule has 2 aromatic carbocycles. The molecule has 134 valence electrons. The van der Waals surface area contributed by atoms with Crippen LogP contribution in [-0.2, 0) is 21.4 Å². The Morgan fingerprint density at radius 3 is 2.52 bits per heavy atom. The van der Waals surface area contributed by atoms with Crippen LogP contribution in [-0.4, -0.2) is 27.1 Å². The maximum absolute atomic E-state index is 12.2. The number of sulfonamides is 1. The van der Waals surface area contributed by atoms with Crippen molar-refractivity contribution in [1.82, 2.24) is 5.32 Å². The lowest BCUT2D eigenvalue weighted by atomic mass is 10.2. The average Bonchev–Trinajstić information content (AvgIpc) is 2.50. The number of rotatable bonds is 6. The molecule has 0 saturated heterocycles. The molecule has 0 atom stereocenters. The monoisotopic (exact) mass is 464 g/mol. The zero-order valence-corrected chi connectivity index (χ0v) is 17.1. The van der Waals surface area contributed by atoms with Crippen molar-refractivity contribution >= 4 is 60.7 Å². The molecule has 0 heterocycles. The zero-order chi connectivity index (χ0) is 18.6. The Morgan fingerprint density at radius 2 is 1.92 bits per heavy atom. The van der Waals surface area contributed by atoms with Gasteiger partial charge in [-0.3, -0.25) is 9.10 Å². The fraction of sp³-hybridized carbons (Fsp3) is 0.188. The summed E-state index contributed by atoms with van der Waals surface area (Å²) in [4.78, 5) is 12.2. The molecule has 5 nitrogen and oxygen atoms in total. The summed E-state index contributed by atoms with van der Waals surface area (Å²) in [5, 5.41) is 3.59. The van der Waals surface area contributed by atoms with Crippen LogP contribution in [0.1, 0.15) is 5.56 Å². The molecule has 1 amide bonds. The maximum Gasteiger partial charge on any atom is 0.241 e. The van der Waals surface area contributed by atoms with Crippen molar-refractivity contribution in [2.45, 2.75) is 6.54 Å². The molecule has 0 spiro atoms. The molecule has 0 unspecified atom stereocenters. The van der Waals surface area contributed by atoms with Crippen LogP contribution in [0.3, 0.4) is 0 Å². The lowest BCUT2D eigenvalue weighted by Crippen LogP contribution is -2.40. The molecule has 1 N–H and O–H groups in total. The number of benzene rings is 2. The van der Waals surface area contributed by atoms with Gasteiger partial charge in [-0.25, -0.2) is 8.42 Å². The molecular formula is C16H15BrCl2N2O3S. The van der Waals surface area contributed by atoms with Crippen LogP contribution < -0.4 is 9.62 Å². The highest BCUT2D eigenvalue weighted by Gasteiger charge is 2.21. The average molecular weight is 466 g/mol. The number of carbonyl (C=O) groups is 1. The highest BCUT2D eigenvalue weighted by atomic mass is 79.9. The molecule has 0 aliphatic rings. The number of nitrogens with zero attached hydrogens (tertiary/aromatic N) is 1. The van der Waals surface area contributed by atoms with Crippen molar-refractivity contribution in [3.8, 4) is 0 Å². The second-order valence-corrected chi connectivity index (χ2v) is 8.93. The van der Waals surface area contributed by atoms with E-state index >= 15 is 0 Å². The fourth-order valence-electron chi connectivity index (χ4n) is 2.08. The van der Waals surface area contributed by atoms with Gasteiger partial charge >= 0.3 is 0 Å². The minimum absolute atomic E-state index is 0.172. The van der Waals surface area contributed by atoms with Gasteiger partial charge in [0.2, 0.25) is 15.9 Å². The van der Waals surface area contributed by atoms with E-state index in [0.717, 1.165) is 10.6 Å². The van der Waals surface area contributed by atoms with Crippen LogP contribution in [0.15, 0.2) is 46.9 Å². The van der Waals surface area contributed by atoms with Crippen LogP contribution in [0.4, 0.5) is 5.69 Å². The number of carbonyl (C=O) groups excluding carboxylic acids is 1. The van der Waals surface area contributed by atoms with Crippen molar-refractivity contribution in [3.05, 3.63) is 62.5 Å². The van der Waals surface area contributed by atoms with E-state index in [9.17, 15) is 13.2 Å². The number of nitrogens with one attached hydrogen (secondary N) is 1. The van der Waals surface area contributed by atoms with E-state index in [1.807, 2.05) is 0 Å². The van der Waals surface area contributed by atoms with E-state index in [1.54, 1.807) is 42.5 Å². The van der Waals surface area contributed by atoms with E-state index in [0.29, 0.717) is 25.8 Å². The first-order valence-electron chi connectivity index (χ1n) is 7.11. The molecule has 9 heteroatoms. The Bertz CT molecular complexity index is 891. The first kappa shape index (κ1) is 20.0. The first-order chi connectivity index (χ1) is 11.7. The van der Waals surface area contributed by atoms with Gasteiger partial charge in [0.05, 0.1) is 11.9 Å². The third kappa shape index (κ3) is 5.88. The molecule has 0 fully saturated rings. The van der Waals surface area contributed by atoms with E-state index in [-0.39, 0.29) is 13.1 Å². The molecule has 0 aliphatic carbocycles. The Labute approximate surface area is 165 Å². The minimum Gasteiger partial charge on any atom is -0.350 e. The topological polar surface area (TPSA) is 66.5 Å². The van der Waals surface area contributed by atoms with Crippen LogP contribution in [0.25, 0.3) is 0 Å². The molecule has 2 aromatic rings. The number of hydrogen-bond donors (Lipinski definition) is 1. The molecule has 0 bridgehead atoms. The van der Waals surface area contributed by atoms with Gasteiger partial charge in [0.1, 0.15) is 6.54 Å². The third-order valence-electron chi connectivity index (χ3n) is 3.27. The standard InChI is InChI=1S/C16H15BrCl2N2O3S/c1-25(23,24)21(14-4-2-3-12(17)7-14)10-16(22)20-9-11-5-6-13(18)8-15(11)19/h2-8H,9-10H2,1H3,(H,20,22). The molecule has 2 rings (SSSR count). The second-order valence-electron chi connectivity index (χ2n) is 5.26. The van der Waals surface area contributed by atoms with Crippen LogP contribution >= 0.6 is 39.1 Å². The zero-order valence-electron chi connectivity index (χ0n) is 13.2. The first-order valence-corrected chi connectivity index (χ1v) is 10.5. The molecule has 0 aromatic heterocycles. The Hall–Kier alpha value is -1.28. The van der Waals surface area contributed by atoms with Gasteiger partial charge < -0.3 is 5.32 Å². The second kappa shape index (κ2) is 8.40. The van der Waals surface area contributed by atoms with Crippen LogP contribution in [0, 0.1) is 0 Å². The largest absolute Gasteiger partial charge is 0.350 e. The normalized spacial score (nSPS) is 11.2. The van der Waals surface area contributed by atoms with E-state index < -0.39 is 15.9 Å². The number of anilines is 1. The summed E-state index contributed by atoms with van der Waals surface area (Å²) in [6, 6.07) is 11.7. The van der Waals surface area contributed by atoms with Gasteiger partial charge in [-0.15, -0.1) is 0 Å². The van der Waals surface area contributed by atoms with Gasteiger partial charge in [0.15, 0.2) is 0 Å². The lowest BCUT2D eigenvalue weighted by Gasteiger charge is -2.22. The van der Waals surface area contributed by atoms with E-state index in [2.05, 4.69) is 21.2 Å². The predicted octanol–water partition coefficient (Wildman–Crippen LogP) is 3.84. The highest BCUT2D eigenvalue weighted by Crippen LogP contribution is 2.22. The van der Waals surface area contributed by atoms with E-state index in [4.69, 9.17) is 23.2 Å². The quantitative estimate of drug-likeness (QED) is 0.704. The van der Waals surface area contributed by atoms with Crippen molar-refractivity contribution in [1.29, 1.82) is 0 Å². The van der Waals surface area contributed by atoms with Gasteiger partial charge in [-0.2, -0.15) is 0 Å². The lowest BCUT2D eigenvalue weighted by molar-refractivity contribution is -0.119.